The molecule has 0 spiro atoms. The van der Waals surface area contributed by atoms with Crippen molar-refractivity contribution in [2.75, 3.05) is 13.1 Å². The van der Waals surface area contributed by atoms with E-state index < -0.39 is 0 Å². The van der Waals surface area contributed by atoms with Crippen molar-refractivity contribution in [3.8, 4) is 0 Å². The first-order valence-corrected chi connectivity index (χ1v) is 6.15. The van der Waals surface area contributed by atoms with Gasteiger partial charge >= 0.3 is 0 Å². The number of rotatable bonds is 0. The second-order valence-corrected chi connectivity index (χ2v) is 3.23. The number of fused-ring (bicyclic) bond motifs is 1. The number of nitrogens with zero attached hydrogens (tertiary/aromatic N) is 2. The summed E-state index contributed by atoms with van der Waals surface area (Å²) in [4.78, 5) is 6.89. The number of aliphatic imine (C=N–C) groups is 1. The normalized spacial score (nSPS) is 23.6. The van der Waals surface area contributed by atoms with Crippen LogP contribution in [0.4, 0.5) is 0 Å². The molecule has 2 heteroatoms. The van der Waals surface area contributed by atoms with Gasteiger partial charge in [0.25, 0.3) is 0 Å². The van der Waals surface area contributed by atoms with Crippen molar-refractivity contribution in [3.05, 3.63) is 0 Å². The lowest BCUT2D eigenvalue weighted by molar-refractivity contribution is 0.267. The van der Waals surface area contributed by atoms with E-state index in [0.29, 0.717) is 0 Å². The maximum absolute atomic E-state index is 4.42. The van der Waals surface area contributed by atoms with Gasteiger partial charge in [-0.1, -0.05) is 27.7 Å². The summed E-state index contributed by atoms with van der Waals surface area (Å²) in [5.74, 6) is 1.27. The Morgan fingerprint density at radius 1 is 1.14 bits per heavy atom. The van der Waals surface area contributed by atoms with Crippen molar-refractivity contribution in [1.29, 1.82) is 0 Å². The molecule has 0 amide bonds. The van der Waals surface area contributed by atoms with E-state index in [1.54, 1.807) is 0 Å². The van der Waals surface area contributed by atoms with Crippen molar-refractivity contribution in [1.82, 2.24) is 4.90 Å². The van der Waals surface area contributed by atoms with Crippen LogP contribution in [0.5, 0.6) is 0 Å². The minimum Gasteiger partial charge on any atom is -0.356 e. The molecule has 1 atom stereocenters. The zero-order valence-corrected chi connectivity index (χ0v) is 10.5. The molecule has 14 heavy (non-hydrogen) atoms. The van der Waals surface area contributed by atoms with E-state index in [2.05, 4.69) is 16.8 Å². The van der Waals surface area contributed by atoms with Gasteiger partial charge < -0.3 is 4.90 Å². The van der Waals surface area contributed by atoms with E-state index in [1.807, 2.05) is 27.7 Å². The molecular weight excluding hydrogens is 172 g/mol. The molecule has 1 fully saturated rings. The van der Waals surface area contributed by atoms with Crippen LogP contribution in [0.3, 0.4) is 0 Å². The monoisotopic (exact) mass is 198 g/mol. The molecule has 2 heterocycles. The highest BCUT2D eigenvalue weighted by molar-refractivity contribution is 5.81. The van der Waals surface area contributed by atoms with Crippen molar-refractivity contribution in [3.63, 3.8) is 0 Å². The molecule has 1 unspecified atom stereocenters. The van der Waals surface area contributed by atoms with Gasteiger partial charge in [0.2, 0.25) is 0 Å². The van der Waals surface area contributed by atoms with Crippen LogP contribution in [0.25, 0.3) is 0 Å². The van der Waals surface area contributed by atoms with Crippen molar-refractivity contribution >= 4 is 5.84 Å². The van der Waals surface area contributed by atoms with Crippen LogP contribution < -0.4 is 0 Å². The molecule has 2 aliphatic heterocycles. The lowest BCUT2D eigenvalue weighted by atomic mass is 10.0. The van der Waals surface area contributed by atoms with Crippen LogP contribution >= 0.6 is 0 Å². The highest BCUT2D eigenvalue weighted by Crippen LogP contribution is 2.21. The van der Waals surface area contributed by atoms with Crippen LogP contribution in [0.15, 0.2) is 4.99 Å². The summed E-state index contributed by atoms with van der Waals surface area (Å²) in [5.41, 5.74) is 0. The Bertz CT molecular complexity index is 164. The van der Waals surface area contributed by atoms with Crippen LogP contribution in [-0.2, 0) is 0 Å². The molecule has 2 nitrogen and oxygen atoms in total. The molecule has 1 saturated heterocycles. The van der Waals surface area contributed by atoms with Gasteiger partial charge in [0.15, 0.2) is 0 Å². The summed E-state index contributed by atoms with van der Waals surface area (Å²) in [6.07, 6.45) is 4.13. The first-order chi connectivity index (χ1) is 6.88. The molecule has 0 radical (unpaired) electrons. The average Bonchev–Trinajstić information content (AvgIpc) is 2.67. The van der Waals surface area contributed by atoms with Gasteiger partial charge in [-0.2, -0.15) is 0 Å². The van der Waals surface area contributed by atoms with Crippen molar-refractivity contribution in [2.45, 2.75) is 59.9 Å². The maximum Gasteiger partial charge on any atom is 0.0961 e. The summed E-state index contributed by atoms with van der Waals surface area (Å²) >= 11 is 0. The van der Waals surface area contributed by atoms with E-state index in [1.165, 1.54) is 31.6 Å². The molecule has 2 aliphatic rings. The predicted molar refractivity (Wildman–Crippen MR) is 65.0 cm³/mol. The highest BCUT2D eigenvalue weighted by atomic mass is 15.3. The van der Waals surface area contributed by atoms with Gasteiger partial charge in [-0.25, -0.2) is 0 Å². The third-order valence-electron chi connectivity index (χ3n) is 2.57. The third-order valence-corrected chi connectivity index (χ3v) is 2.57. The number of hydrogen-bond donors (Lipinski definition) is 0. The first kappa shape index (κ1) is 13.5. The average molecular weight is 198 g/mol. The molecule has 0 N–H and O–H groups in total. The van der Waals surface area contributed by atoms with Gasteiger partial charge in [-0.15, -0.1) is 0 Å². The fourth-order valence-electron chi connectivity index (χ4n) is 1.94. The Labute approximate surface area is 89.4 Å². The van der Waals surface area contributed by atoms with E-state index in [4.69, 9.17) is 0 Å². The second kappa shape index (κ2) is 7.84. The minimum atomic E-state index is 0.772. The molecule has 0 saturated carbocycles. The number of piperidine rings is 1. The standard InChI is InChI=1S/C8H14N2.2C2H6/c1-7-9-6-8-4-2-3-5-10(7)8;2*1-2/h8H,2-6H2,1H3;2*1-2H3. The van der Waals surface area contributed by atoms with Crippen LogP contribution in [0.2, 0.25) is 0 Å². The summed E-state index contributed by atoms with van der Waals surface area (Å²) in [5, 5.41) is 0. The lowest BCUT2D eigenvalue weighted by Gasteiger charge is -2.31. The van der Waals surface area contributed by atoms with Gasteiger partial charge in [0.1, 0.15) is 0 Å². The summed E-state index contributed by atoms with van der Waals surface area (Å²) in [6, 6.07) is 0.772. The molecule has 0 aromatic heterocycles. The highest BCUT2D eigenvalue weighted by Gasteiger charge is 2.26. The molecule has 0 bridgehead atoms. The summed E-state index contributed by atoms with van der Waals surface area (Å²) in [7, 11) is 0. The van der Waals surface area contributed by atoms with Gasteiger partial charge in [0.05, 0.1) is 12.4 Å². The Kier molecular flexibility index (Phi) is 7.54. The fraction of sp³-hybridized carbons (Fsp3) is 0.917. The largest absolute Gasteiger partial charge is 0.356 e. The van der Waals surface area contributed by atoms with Gasteiger partial charge in [0, 0.05) is 12.6 Å². The lowest BCUT2D eigenvalue weighted by Crippen LogP contribution is -2.39. The molecule has 0 aromatic carbocycles. The number of amidine groups is 1. The number of hydrogen-bond acceptors (Lipinski definition) is 2. The summed E-state index contributed by atoms with van der Waals surface area (Å²) < 4.78 is 0. The van der Waals surface area contributed by atoms with Crippen LogP contribution in [0.1, 0.15) is 53.9 Å². The Morgan fingerprint density at radius 2 is 1.79 bits per heavy atom. The Balaban J connectivity index is 0.000000379. The zero-order valence-electron chi connectivity index (χ0n) is 10.5. The van der Waals surface area contributed by atoms with Crippen molar-refractivity contribution in [2.24, 2.45) is 4.99 Å². The smallest absolute Gasteiger partial charge is 0.0961 e. The SMILES string of the molecule is CC.CC.CC1=NCC2CCCCN12. The molecule has 0 aliphatic carbocycles. The van der Waals surface area contributed by atoms with Crippen LogP contribution in [0, 0.1) is 0 Å². The van der Waals surface area contributed by atoms with Crippen LogP contribution in [-0.4, -0.2) is 29.9 Å². The van der Waals surface area contributed by atoms with Gasteiger partial charge in [-0.3, -0.25) is 4.99 Å². The van der Waals surface area contributed by atoms with Crippen molar-refractivity contribution < 1.29 is 0 Å². The van der Waals surface area contributed by atoms with E-state index in [9.17, 15) is 0 Å². The summed E-state index contributed by atoms with van der Waals surface area (Å²) in [6.45, 7) is 12.4. The van der Waals surface area contributed by atoms with E-state index >= 15 is 0 Å². The molecule has 84 valence electrons. The predicted octanol–water partition coefficient (Wildman–Crippen LogP) is 3.33. The fourth-order valence-corrected chi connectivity index (χ4v) is 1.94. The molecular formula is C12H26N2. The molecule has 0 aromatic rings. The van der Waals surface area contributed by atoms with Gasteiger partial charge in [-0.05, 0) is 26.2 Å². The second-order valence-electron chi connectivity index (χ2n) is 3.23. The quantitative estimate of drug-likeness (QED) is 0.583. The minimum absolute atomic E-state index is 0.772. The van der Waals surface area contributed by atoms with E-state index in [0.717, 1.165) is 12.6 Å². The molecule has 2 rings (SSSR count). The first-order valence-electron chi connectivity index (χ1n) is 6.15. The van der Waals surface area contributed by atoms with E-state index in [-0.39, 0.29) is 0 Å². The third kappa shape index (κ3) is 3.32. The Morgan fingerprint density at radius 3 is 2.36 bits per heavy atom. The zero-order chi connectivity index (χ0) is 11.0. The topological polar surface area (TPSA) is 15.6 Å². The Hall–Kier alpha value is -0.530. The maximum atomic E-state index is 4.42.